The van der Waals surface area contributed by atoms with E-state index in [4.69, 9.17) is 5.73 Å². The maximum absolute atomic E-state index is 11.5. The number of ketones is 1. The van der Waals surface area contributed by atoms with Crippen molar-refractivity contribution < 1.29 is 9.59 Å². The molecule has 1 heterocycles. The van der Waals surface area contributed by atoms with Crippen LogP contribution in [0.4, 0.5) is 0 Å². The molecule has 1 aromatic heterocycles. The van der Waals surface area contributed by atoms with Gasteiger partial charge in [0, 0.05) is 18.2 Å². The molecule has 5 heteroatoms. The number of nitrogens with zero attached hydrogens (tertiary/aromatic N) is 2. The molecule has 0 radical (unpaired) electrons. The van der Waals surface area contributed by atoms with Crippen molar-refractivity contribution in [1.82, 2.24) is 9.78 Å². The third-order valence-electron chi connectivity index (χ3n) is 2.62. The minimum atomic E-state index is -0.563. The van der Waals surface area contributed by atoms with Crippen LogP contribution in [0.2, 0.25) is 0 Å². The number of hydrogen-bond donors (Lipinski definition) is 1. The van der Waals surface area contributed by atoms with E-state index in [1.54, 1.807) is 41.2 Å². The average Bonchev–Trinajstić information content (AvgIpc) is 2.88. The fourth-order valence-corrected chi connectivity index (χ4v) is 1.60. The van der Waals surface area contributed by atoms with E-state index in [9.17, 15) is 9.59 Å². The van der Waals surface area contributed by atoms with E-state index in [0.717, 1.165) is 5.69 Å². The average molecular weight is 243 g/mol. The lowest BCUT2D eigenvalue weighted by molar-refractivity contribution is 0.0983. The highest BCUT2D eigenvalue weighted by atomic mass is 16.1. The van der Waals surface area contributed by atoms with Crippen molar-refractivity contribution in [2.24, 2.45) is 5.73 Å². The van der Waals surface area contributed by atoms with E-state index >= 15 is 0 Å². The smallest absolute Gasteiger partial charge is 0.269 e. The molecule has 18 heavy (non-hydrogen) atoms. The van der Waals surface area contributed by atoms with Crippen molar-refractivity contribution in [2.45, 2.75) is 13.3 Å². The van der Waals surface area contributed by atoms with Crippen LogP contribution in [0.1, 0.15) is 34.2 Å². The summed E-state index contributed by atoms with van der Waals surface area (Å²) in [6.07, 6.45) is 2.13. The van der Waals surface area contributed by atoms with Crippen molar-refractivity contribution in [3.8, 4) is 5.69 Å². The van der Waals surface area contributed by atoms with Gasteiger partial charge in [-0.15, -0.1) is 0 Å². The minimum absolute atomic E-state index is 0.0971. The first-order valence-electron chi connectivity index (χ1n) is 5.61. The lowest BCUT2D eigenvalue weighted by Gasteiger charge is -2.02. The lowest BCUT2D eigenvalue weighted by Crippen LogP contribution is -2.12. The number of benzene rings is 1. The van der Waals surface area contributed by atoms with Crippen molar-refractivity contribution in [3.05, 3.63) is 47.8 Å². The second-order valence-corrected chi connectivity index (χ2v) is 3.83. The van der Waals surface area contributed by atoms with Gasteiger partial charge in [0.2, 0.25) is 0 Å². The number of nitrogens with two attached hydrogens (primary N) is 1. The van der Waals surface area contributed by atoms with Crippen LogP contribution in [0.15, 0.2) is 36.5 Å². The Morgan fingerprint density at radius 2 is 1.89 bits per heavy atom. The van der Waals surface area contributed by atoms with Gasteiger partial charge in [0.15, 0.2) is 5.78 Å². The molecule has 1 aromatic carbocycles. The molecule has 0 saturated carbocycles. The van der Waals surface area contributed by atoms with Crippen molar-refractivity contribution in [1.29, 1.82) is 0 Å². The summed E-state index contributed by atoms with van der Waals surface area (Å²) in [4.78, 5) is 22.4. The van der Waals surface area contributed by atoms with Gasteiger partial charge in [-0.3, -0.25) is 9.59 Å². The number of primary amides is 1. The van der Waals surface area contributed by atoms with E-state index in [2.05, 4.69) is 5.10 Å². The Labute approximate surface area is 104 Å². The zero-order valence-electron chi connectivity index (χ0n) is 9.96. The molecule has 0 aliphatic heterocycles. The summed E-state index contributed by atoms with van der Waals surface area (Å²) in [6.45, 7) is 1.82. The predicted molar refractivity (Wildman–Crippen MR) is 66.7 cm³/mol. The maximum Gasteiger partial charge on any atom is 0.269 e. The van der Waals surface area contributed by atoms with E-state index < -0.39 is 5.91 Å². The number of Topliss-reactive ketones (excluding diaryl/α,β-unsaturated/α-hetero) is 1. The van der Waals surface area contributed by atoms with Gasteiger partial charge in [-0.1, -0.05) is 6.92 Å². The SMILES string of the molecule is CCC(=O)c1ccc(-n2ccc(C(N)=O)n2)cc1. The highest BCUT2D eigenvalue weighted by Gasteiger charge is 2.07. The molecule has 5 nitrogen and oxygen atoms in total. The molecule has 92 valence electrons. The molecule has 2 aromatic rings. The monoisotopic (exact) mass is 243 g/mol. The topological polar surface area (TPSA) is 78.0 Å². The standard InChI is InChI=1S/C13H13N3O2/c1-2-12(17)9-3-5-10(6-4-9)16-8-7-11(15-16)13(14)18/h3-8H,2H2,1H3,(H2,14,18). The zero-order valence-corrected chi connectivity index (χ0v) is 9.96. The van der Waals surface area contributed by atoms with Crippen LogP contribution in [-0.2, 0) is 0 Å². The first-order chi connectivity index (χ1) is 8.61. The molecule has 0 bridgehead atoms. The maximum atomic E-state index is 11.5. The molecule has 2 rings (SSSR count). The summed E-state index contributed by atoms with van der Waals surface area (Å²) in [6, 6.07) is 8.59. The normalized spacial score (nSPS) is 10.3. The van der Waals surface area contributed by atoms with Crippen molar-refractivity contribution >= 4 is 11.7 Å². The van der Waals surface area contributed by atoms with Crippen molar-refractivity contribution in [3.63, 3.8) is 0 Å². The quantitative estimate of drug-likeness (QED) is 0.828. The fraction of sp³-hybridized carbons (Fsp3) is 0.154. The Balaban J connectivity index is 2.28. The molecule has 0 aliphatic carbocycles. The van der Waals surface area contributed by atoms with Gasteiger partial charge in [-0.2, -0.15) is 5.10 Å². The van der Waals surface area contributed by atoms with Crippen LogP contribution in [0.3, 0.4) is 0 Å². The van der Waals surface area contributed by atoms with Gasteiger partial charge in [0.25, 0.3) is 5.91 Å². The Kier molecular flexibility index (Phi) is 3.23. The summed E-state index contributed by atoms with van der Waals surface area (Å²) in [5.74, 6) is -0.466. The van der Waals surface area contributed by atoms with Crippen LogP contribution in [0, 0.1) is 0 Å². The highest BCUT2D eigenvalue weighted by molar-refractivity contribution is 5.96. The van der Waals surface area contributed by atoms with Gasteiger partial charge < -0.3 is 5.73 Å². The molecule has 0 aliphatic rings. The summed E-state index contributed by atoms with van der Waals surface area (Å²) < 4.78 is 1.54. The minimum Gasteiger partial charge on any atom is -0.364 e. The molecular formula is C13H13N3O2. The largest absolute Gasteiger partial charge is 0.364 e. The highest BCUT2D eigenvalue weighted by Crippen LogP contribution is 2.11. The van der Waals surface area contributed by atoms with E-state index in [0.29, 0.717) is 12.0 Å². The molecule has 2 N–H and O–H groups in total. The Bertz CT molecular complexity index is 585. The molecule has 0 saturated heterocycles. The third kappa shape index (κ3) is 2.29. The molecular weight excluding hydrogens is 230 g/mol. The van der Waals surface area contributed by atoms with E-state index in [1.165, 1.54) is 0 Å². The number of carbonyl (C=O) groups is 2. The number of aromatic nitrogens is 2. The fourth-order valence-electron chi connectivity index (χ4n) is 1.60. The van der Waals surface area contributed by atoms with Crippen LogP contribution in [-0.4, -0.2) is 21.5 Å². The summed E-state index contributed by atoms with van der Waals surface area (Å²) in [5.41, 5.74) is 6.78. The summed E-state index contributed by atoms with van der Waals surface area (Å²) >= 11 is 0. The van der Waals surface area contributed by atoms with Crippen LogP contribution < -0.4 is 5.73 Å². The Morgan fingerprint density at radius 1 is 1.22 bits per heavy atom. The molecule has 0 fully saturated rings. The third-order valence-corrected chi connectivity index (χ3v) is 2.62. The molecule has 0 atom stereocenters. The number of rotatable bonds is 4. The number of amides is 1. The predicted octanol–water partition coefficient (Wildman–Crippen LogP) is 1.56. The summed E-state index contributed by atoms with van der Waals surface area (Å²) in [7, 11) is 0. The molecule has 0 unspecified atom stereocenters. The van der Waals surface area contributed by atoms with Gasteiger partial charge in [-0.25, -0.2) is 4.68 Å². The van der Waals surface area contributed by atoms with Crippen LogP contribution in [0.5, 0.6) is 0 Å². The number of carbonyl (C=O) groups excluding carboxylic acids is 2. The first kappa shape index (κ1) is 12.0. The van der Waals surface area contributed by atoms with Gasteiger partial charge in [0.05, 0.1) is 5.69 Å². The Morgan fingerprint density at radius 3 is 2.39 bits per heavy atom. The lowest BCUT2D eigenvalue weighted by atomic mass is 10.1. The first-order valence-corrected chi connectivity index (χ1v) is 5.61. The van der Waals surface area contributed by atoms with Gasteiger partial charge in [-0.05, 0) is 30.3 Å². The molecule has 1 amide bonds. The van der Waals surface area contributed by atoms with Gasteiger partial charge in [0.1, 0.15) is 5.69 Å². The number of hydrogen-bond acceptors (Lipinski definition) is 3. The van der Waals surface area contributed by atoms with Gasteiger partial charge >= 0.3 is 0 Å². The second kappa shape index (κ2) is 4.83. The van der Waals surface area contributed by atoms with Crippen molar-refractivity contribution in [2.75, 3.05) is 0 Å². The zero-order chi connectivity index (χ0) is 13.1. The van der Waals surface area contributed by atoms with E-state index in [-0.39, 0.29) is 11.5 Å². The van der Waals surface area contributed by atoms with Crippen LogP contribution in [0.25, 0.3) is 5.69 Å². The second-order valence-electron chi connectivity index (χ2n) is 3.83. The van der Waals surface area contributed by atoms with E-state index in [1.807, 2.05) is 6.92 Å². The molecule has 0 spiro atoms. The van der Waals surface area contributed by atoms with Crippen LogP contribution >= 0.6 is 0 Å². The Hall–Kier alpha value is -2.43. The summed E-state index contributed by atoms with van der Waals surface area (Å²) in [5, 5.41) is 4.03.